The first kappa shape index (κ1) is 14.1. The van der Waals surface area contributed by atoms with E-state index in [1.165, 1.54) is 36.8 Å². The molecule has 0 amide bonds. The zero-order valence-electron chi connectivity index (χ0n) is 10.1. The van der Waals surface area contributed by atoms with Crippen molar-refractivity contribution in [3.63, 3.8) is 0 Å². The summed E-state index contributed by atoms with van der Waals surface area (Å²) in [4.78, 5) is 0. The molecule has 1 N–H and O–H groups in total. The first-order chi connectivity index (χ1) is 8.30. The van der Waals surface area contributed by atoms with E-state index >= 15 is 0 Å². The van der Waals surface area contributed by atoms with E-state index in [1.807, 2.05) is 0 Å². The van der Waals surface area contributed by atoms with Crippen LogP contribution in [0.4, 0.5) is 0 Å². The molecule has 1 saturated carbocycles. The van der Waals surface area contributed by atoms with Crippen molar-refractivity contribution in [2.24, 2.45) is 0 Å². The molecule has 3 nitrogen and oxygen atoms in total. The predicted molar refractivity (Wildman–Crippen MR) is 69.2 cm³/mol. The molecule has 0 spiro atoms. The molecular weight excluding hydrogens is 234 g/mol. The van der Waals surface area contributed by atoms with Gasteiger partial charge in [-0.15, -0.1) is 0 Å². The van der Waals surface area contributed by atoms with Crippen LogP contribution < -0.4 is 5.32 Å². The number of aryl methyl sites for hydroxylation is 1. The number of rotatable bonds is 5. The average molecular weight is 253 g/mol. The van der Waals surface area contributed by atoms with Crippen LogP contribution in [-0.4, -0.2) is 14.5 Å². The van der Waals surface area contributed by atoms with Gasteiger partial charge in [0.25, 0.3) is 0 Å². The summed E-state index contributed by atoms with van der Waals surface area (Å²) in [6.45, 7) is 3.28. The van der Waals surface area contributed by atoms with Crippen molar-refractivity contribution in [2.75, 3.05) is 0 Å². The summed E-state index contributed by atoms with van der Waals surface area (Å²) >= 11 is -0.750. The Kier molecular flexibility index (Phi) is 6.74. The summed E-state index contributed by atoms with van der Waals surface area (Å²) in [7, 11) is 0. The van der Waals surface area contributed by atoms with E-state index in [1.54, 1.807) is 0 Å². The van der Waals surface area contributed by atoms with Gasteiger partial charge in [-0.2, -0.15) is 8.42 Å². The van der Waals surface area contributed by atoms with Crippen LogP contribution in [0, 0.1) is 0 Å². The second kappa shape index (κ2) is 8.14. The molecule has 1 aromatic rings. The fourth-order valence-electron chi connectivity index (χ4n) is 1.73. The van der Waals surface area contributed by atoms with Gasteiger partial charge in [0.1, 0.15) is 0 Å². The third-order valence-corrected chi connectivity index (χ3v) is 2.70. The summed E-state index contributed by atoms with van der Waals surface area (Å²) in [5.74, 6) is 0. The van der Waals surface area contributed by atoms with E-state index in [4.69, 9.17) is 8.42 Å². The number of hydrogen-bond acceptors (Lipinski definition) is 3. The fourth-order valence-corrected chi connectivity index (χ4v) is 1.73. The SMILES string of the molecule is CCCc1cccc(CNC2CC2)c1.O=S=O. The number of benzene rings is 1. The smallest absolute Gasteiger partial charge is 0.310 e. The van der Waals surface area contributed by atoms with Gasteiger partial charge in [0.05, 0.1) is 0 Å². The van der Waals surface area contributed by atoms with Crippen LogP contribution in [0.2, 0.25) is 0 Å². The van der Waals surface area contributed by atoms with Crippen molar-refractivity contribution in [3.8, 4) is 0 Å². The van der Waals surface area contributed by atoms with Crippen molar-refractivity contribution in [1.29, 1.82) is 0 Å². The van der Waals surface area contributed by atoms with Gasteiger partial charge in [0.15, 0.2) is 0 Å². The van der Waals surface area contributed by atoms with Crippen LogP contribution in [0.15, 0.2) is 24.3 Å². The molecule has 0 aromatic heterocycles. The van der Waals surface area contributed by atoms with E-state index in [2.05, 4.69) is 36.5 Å². The Hall–Kier alpha value is -1.00. The molecular formula is C13H19NO2S. The Labute approximate surface area is 106 Å². The zero-order valence-corrected chi connectivity index (χ0v) is 11.0. The summed E-state index contributed by atoms with van der Waals surface area (Å²) in [6, 6.07) is 9.76. The van der Waals surface area contributed by atoms with E-state index in [9.17, 15) is 0 Å². The van der Waals surface area contributed by atoms with E-state index in [0.717, 1.165) is 12.6 Å². The minimum Gasteiger partial charge on any atom is -0.310 e. The fraction of sp³-hybridized carbons (Fsp3) is 0.538. The summed E-state index contributed by atoms with van der Waals surface area (Å²) in [6.07, 6.45) is 5.18. The van der Waals surface area contributed by atoms with Crippen molar-refractivity contribution in [1.82, 2.24) is 5.32 Å². The normalized spacial score (nSPS) is 13.7. The molecule has 94 valence electrons. The van der Waals surface area contributed by atoms with Crippen LogP contribution in [0.3, 0.4) is 0 Å². The monoisotopic (exact) mass is 253 g/mol. The molecule has 0 radical (unpaired) electrons. The maximum Gasteiger partial charge on any atom is 0.335 e. The highest BCUT2D eigenvalue weighted by Crippen LogP contribution is 2.19. The molecule has 0 aliphatic heterocycles. The zero-order chi connectivity index (χ0) is 12.5. The summed E-state index contributed by atoms with van der Waals surface area (Å²) in [5.41, 5.74) is 2.91. The quantitative estimate of drug-likeness (QED) is 0.875. The van der Waals surface area contributed by atoms with Crippen molar-refractivity contribution in [3.05, 3.63) is 35.4 Å². The highest BCUT2D eigenvalue weighted by molar-refractivity contribution is 7.51. The molecule has 0 unspecified atom stereocenters. The van der Waals surface area contributed by atoms with Gasteiger partial charge in [-0.25, -0.2) is 0 Å². The molecule has 17 heavy (non-hydrogen) atoms. The van der Waals surface area contributed by atoms with Gasteiger partial charge in [0, 0.05) is 12.6 Å². The molecule has 4 heteroatoms. The van der Waals surface area contributed by atoms with Gasteiger partial charge in [-0.05, 0) is 30.4 Å². The third kappa shape index (κ3) is 6.34. The van der Waals surface area contributed by atoms with Crippen LogP contribution in [0.5, 0.6) is 0 Å². The van der Waals surface area contributed by atoms with Crippen LogP contribution >= 0.6 is 0 Å². The standard InChI is InChI=1S/C13H19N.O2S/c1-2-4-11-5-3-6-12(9-11)10-14-13-7-8-13;1-3-2/h3,5-6,9,13-14H,2,4,7-8,10H2,1H3;. The van der Waals surface area contributed by atoms with Crippen LogP contribution in [-0.2, 0) is 24.5 Å². The van der Waals surface area contributed by atoms with Gasteiger partial charge in [0.2, 0.25) is 0 Å². The molecule has 0 atom stereocenters. The molecule has 0 saturated heterocycles. The lowest BCUT2D eigenvalue weighted by atomic mass is 10.1. The minimum atomic E-state index is -0.750. The summed E-state index contributed by atoms with van der Waals surface area (Å²) in [5, 5.41) is 3.54. The predicted octanol–water partition coefficient (Wildman–Crippen LogP) is 2.22. The second-order valence-electron chi connectivity index (χ2n) is 4.29. The van der Waals surface area contributed by atoms with Crippen LogP contribution in [0.1, 0.15) is 37.3 Å². The van der Waals surface area contributed by atoms with Crippen LogP contribution in [0.25, 0.3) is 0 Å². The Bertz CT molecular complexity index is 371. The minimum absolute atomic E-state index is 0.750. The molecule has 1 aliphatic carbocycles. The Morgan fingerprint density at radius 2 is 1.94 bits per heavy atom. The number of nitrogens with one attached hydrogen (secondary N) is 1. The Morgan fingerprint density at radius 1 is 1.29 bits per heavy atom. The maximum absolute atomic E-state index is 8.29. The lowest BCUT2D eigenvalue weighted by Crippen LogP contribution is -2.15. The largest absolute Gasteiger partial charge is 0.335 e. The Balaban J connectivity index is 0.000000437. The molecule has 1 aliphatic rings. The lowest BCUT2D eigenvalue weighted by Gasteiger charge is -2.05. The van der Waals surface area contributed by atoms with E-state index in [0.29, 0.717) is 0 Å². The van der Waals surface area contributed by atoms with Crippen molar-refractivity contribution >= 4 is 11.6 Å². The Morgan fingerprint density at radius 3 is 2.53 bits per heavy atom. The molecule has 1 fully saturated rings. The highest BCUT2D eigenvalue weighted by Gasteiger charge is 2.19. The highest BCUT2D eigenvalue weighted by atomic mass is 32.1. The first-order valence-corrected chi connectivity index (χ1v) is 6.69. The molecule has 0 bridgehead atoms. The van der Waals surface area contributed by atoms with Gasteiger partial charge in [-0.3, -0.25) is 0 Å². The van der Waals surface area contributed by atoms with E-state index < -0.39 is 11.6 Å². The average Bonchev–Trinajstić information content (AvgIpc) is 3.12. The van der Waals surface area contributed by atoms with Gasteiger partial charge < -0.3 is 5.32 Å². The molecule has 2 rings (SSSR count). The lowest BCUT2D eigenvalue weighted by molar-refractivity contribution is 0.630. The van der Waals surface area contributed by atoms with Crippen molar-refractivity contribution < 1.29 is 8.42 Å². The third-order valence-electron chi connectivity index (χ3n) is 2.70. The first-order valence-electron chi connectivity index (χ1n) is 6.03. The maximum atomic E-state index is 8.29. The van der Waals surface area contributed by atoms with Gasteiger partial charge in [-0.1, -0.05) is 37.6 Å². The van der Waals surface area contributed by atoms with Crippen molar-refractivity contribution in [2.45, 2.75) is 45.2 Å². The topological polar surface area (TPSA) is 46.2 Å². The second-order valence-corrected chi connectivity index (χ2v) is 4.43. The summed E-state index contributed by atoms with van der Waals surface area (Å²) < 4.78 is 16.6. The van der Waals surface area contributed by atoms with Gasteiger partial charge >= 0.3 is 11.6 Å². The molecule has 1 aromatic carbocycles. The number of hydrogen-bond donors (Lipinski definition) is 1. The molecule has 0 heterocycles. The van der Waals surface area contributed by atoms with E-state index in [-0.39, 0.29) is 0 Å².